The van der Waals surface area contributed by atoms with E-state index in [4.69, 9.17) is 11.5 Å². The Kier molecular flexibility index (Phi) is 4.66. The Balaban J connectivity index is 2.16. The van der Waals surface area contributed by atoms with Crippen molar-refractivity contribution in [2.75, 3.05) is 6.54 Å². The van der Waals surface area contributed by atoms with Crippen LogP contribution in [-0.4, -0.2) is 12.6 Å². The standard InChI is InChI=1S/C16H19FN2/c17-15-9-5-4-8-13(15)14(11-18)16(19)10-12-6-2-1-3-7-12/h1-9,14,16H,10-11,18-19H2. The number of benzene rings is 2. The van der Waals surface area contributed by atoms with E-state index in [0.717, 1.165) is 5.56 Å². The van der Waals surface area contributed by atoms with E-state index in [-0.39, 0.29) is 17.8 Å². The molecule has 0 bridgehead atoms. The summed E-state index contributed by atoms with van der Waals surface area (Å²) in [5.74, 6) is -0.400. The fraction of sp³-hybridized carbons (Fsp3) is 0.250. The van der Waals surface area contributed by atoms with E-state index in [9.17, 15) is 4.39 Å². The maximum atomic E-state index is 13.8. The highest BCUT2D eigenvalue weighted by Crippen LogP contribution is 2.22. The van der Waals surface area contributed by atoms with Crippen LogP contribution in [0.5, 0.6) is 0 Å². The van der Waals surface area contributed by atoms with Gasteiger partial charge in [-0.15, -0.1) is 0 Å². The summed E-state index contributed by atoms with van der Waals surface area (Å²) in [6.07, 6.45) is 0.692. The van der Waals surface area contributed by atoms with Crippen LogP contribution >= 0.6 is 0 Å². The average Bonchev–Trinajstić information content (AvgIpc) is 2.43. The molecule has 0 spiro atoms. The second-order valence-electron chi connectivity index (χ2n) is 4.72. The van der Waals surface area contributed by atoms with Gasteiger partial charge in [0.25, 0.3) is 0 Å². The van der Waals surface area contributed by atoms with Crippen molar-refractivity contribution in [3.8, 4) is 0 Å². The molecule has 19 heavy (non-hydrogen) atoms. The van der Waals surface area contributed by atoms with Crippen LogP contribution in [0.15, 0.2) is 54.6 Å². The second-order valence-corrected chi connectivity index (χ2v) is 4.72. The number of hydrogen-bond acceptors (Lipinski definition) is 2. The van der Waals surface area contributed by atoms with E-state index in [0.29, 0.717) is 18.5 Å². The molecular formula is C16H19FN2. The molecule has 0 heterocycles. The zero-order chi connectivity index (χ0) is 13.7. The van der Waals surface area contributed by atoms with Gasteiger partial charge in [0.1, 0.15) is 5.82 Å². The Morgan fingerprint density at radius 2 is 1.58 bits per heavy atom. The van der Waals surface area contributed by atoms with E-state index in [1.54, 1.807) is 12.1 Å². The zero-order valence-electron chi connectivity index (χ0n) is 10.8. The van der Waals surface area contributed by atoms with Gasteiger partial charge >= 0.3 is 0 Å². The van der Waals surface area contributed by atoms with Crippen LogP contribution in [0.3, 0.4) is 0 Å². The predicted molar refractivity (Wildman–Crippen MR) is 76.3 cm³/mol. The van der Waals surface area contributed by atoms with Crippen LogP contribution in [0.2, 0.25) is 0 Å². The molecule has 2 atom stereocenters. The minimum absolute atomic E-state index is 0.165. The molecule has 0 saturated heterocycles. The highest BCUT2D eigenvalue weighted by Gasteiger charge is 2.21. The Bertz CT molecular complexity index is 513. The first-order chi connectivity index (χ1) is 9.22. The van der Waals surface area contributed by atoms with Crippen molar-refractivity contribution < 1.29 is 4.39 Å². The first kappa shape index (κ1) is 13.7. The van der Waals surface area contributed by atoms with Crippen molar-refractivity contribution in [1.29, 1.82) is 0 Å². The van der Waals surface area contributed by atoms with Crippen molar-refractivity contribution in [3.05, 3.63) is 71.5 Å². The number of nitrogens with two attached hydrogens (primary N) is 2. The van der Waals surface area contributed by atoms with Crippen molar-refractivity contribution in [3.63, 3.8) is 0 Å². The molecule has 0 radical (unpaired) electrons. The lowest BCUT2D eigenvalue weighted by Gasteiger charge is -2.23. The van der Waals surface area contributed by atoms with Crippen LogP contribution < -0.4 is 11.5 Å². The van der Waals surface area contributed by atoms with E-state index in [1.807, 2.05) is 36.4 Å². The summed E-state index contributed by atoms with van der Waals surface area (Å²) in [6, 6.07) is 16.5. The molecular weight excluding hydrogens is 239 g/mol. The normalized spacial score (nSPS) is 14.1. The van der Waals surface area contributed by atoms with Crippen LogP contribution in [0.4, 0.5) is 4.39 Å². The number of halogens is 1. The highest BCUT2D eigenvalue weighted by atomic mass is 19.1. The maximum absolute atomic E-state index is 13.8. The molecule has 4 N–H and O–H groups in total. The van der Waals surface area contributed by atoms with Gasteiger partial charge in [-0.2, -0.15) is 0 Å². The van der Waals surface area contributed by atoms with E-state index >= 15 is 0 Å². The van der Waals surface area contributed by atoms with Gasteiger partial charge in [-0.05, 0) is 23.6 Å². The largest absolute Gasteiger partial charge is 0.330 e. The molecule has 2 aromatic rings. The third-order valence-electron chi connectivity index (χ3n) is 3.39. The Labute approximate surface area is 113 Å². The Morgan fingerprint density at radius 1 is 0.947 bits per heavy atom. The smallest absolute Gasteiger partial charge is 0.126 e. The highest BCUT2D eigenvalue weighted by molar-refractivity contribution is 5.25. The zero-order valence-corrected chi connectivity index (χ0v) is 10.8. The molecule has 0 fully saturated rings. The minimum atomic E-state index is -0.235. The monoisotopic (exact) mass is 258 g/mol. The lowest BCUT2D eigenvalue weighted by Crippen LogP contribution is -2.35. The van der Waals surface area contributed by atoms with Crippen LogP contribution in [0.25, 0.3) is 0 Å². The second kappa shape index (κ2) is 6.45. The maximum Gasteiger partial charge on any atom is 0.126 e. The molecule has 3 heteroatoms. The van der Waals surface area contributed by atoms with Gasteiger partial charge in [0.05, 0.1) is 0 Å². The summed E-state index contributed by atoms with van der Waals surface area (Å²) < 4.78 is 13.8. The molecule has 2 aromatic carbocycles. The molecule has 2 nitrogen and oxygen atoms in total. The van der Waals surface area contributed by atoms with Crippen molar-refractivity contribution in [1.82, 2.24) is 0 Å². The first-order valence-corrected chi connectivity index (χ1v) is 6.46. The molecule has 100 valence electrons. The van der Waals surface area contributed by atoms with E-state index < -0.39 is 0 Å². The lowest BCUT2D eigenvalue weighted by atomic mass is 9.88. The molecule has 2 rings (SSSR count). The van der Waals surface area contributed by atoms with Gasteiger partial charge in [0, 0.05) is 18.5 Å². The summed E-state index contributed by atoms with van der Waals surface area (Å²) in [6.45, 7) is 0.342. The summed E-state index contributed by atoms with van der Waals surface area (Å²) in [7, 11) is 0. The summed E-state index contributed by atoms with van der Waals surface area (Å²) in [5, 5.41) is 0. The van der Waals surface area contributed by atoms with Gasteiger partial charge < -0.3 is 11.5 Å². The third-order valence-corrected chi connectivity index (χ3v) is 3.39. The van der Waals surface area contributed by atoms with Crippen molar-refractivity contribution in [2.45, 2.75) is 18.4 Å². The van der Waals surface area contributed by atoms with E-state index in [2.05, 4.69) is 0 Å². The molecule has 0 saturated carbocycles. The minimum Gasteiger partial charge on any atom is -0.330 e. The summed E-state index contributed by atoms with van der Waals surface area (Å²) in [4.78, 5) is 0. The van der Waals surface area contributed by atoms with Crippen LogP contribution in [0, 0.1) is 5.82 Å². The van der Waals surface area contributed by atoms with Gasteiger partial charge in [0.2, 0.25) is 0 Å². The molecule has 0 aromatic heterocycles. The van der Waals surface area contributed by atoms with Gasteiger partial charge in [-0.3, -0.25) is 0 Å². The van der Waals surface area contributed by atoms with Gasteiger partial charge in [0.15, 0.2) is 0 Å². The molecule has 0 amide bonds. The van der Waals surface area contributed by atoms with Gasteiger partial charge in [-0.25, -0.2) is 4.39 Å². The fourth-order valence-electron chi connectivity index (χ4n) is 2.34. The van der Waals surface area contributed by atoms with Crippen molar-refractivity contribution >= 4 is 0 Å². The molecule has 0 aliphatic rings. The molecule has 2 unspecified atom stereocenters. The van der Waals surface area contributed by atoms with Crippen molar-refractivity contribution in [2.24, 2.45) is 11.5 Å². The van der Waals surface area contributed by atoms with E-state index in [1.165, 1.54) is 6.07 Å². The lowest BCUT2D eigenvalue weighted by molar-refractivity contribution is 0.503. The van der Waals surface area contributed by atoms with Crippen LogP contribution in [0.1, 0.15) is 17.0 Å². The fourth-order valence-corrected chi connectivity index (χ4v) is 2.34. The predicted octanol–water partition coefficient (Wildman–Crippen LogP) is 2.44. The summed E-state index contributed by atoms with van der Waals surface area (Å²) in [5.41, 5.74) is 13.7. The van der Waals surface area contributed by atoms with Gasteiger partial charge in [-0.1, -0.05) is 48.5 Å². The average molecular weight is 258 g/mol. The third kappa shape index (κ3) is 3.40. The quantitative estimate of drug-likeness (QED) is 0.865. The Morgan fingerprint density at radius 3 is 2.21 bits per heavy atom. The summed E-state index contributed by atoms with van der Waals surface area (Å²) >= 11 is 0. The topological polar surface area (TPSA) is 52.0 Å². The molecule has 0 aliphatic carbocycles. The molecule has 0 aliphatic heterocycles. The number of rotatable bonds is 5. The SMILES string of the molecule is NCC(c1ccccc1F)C(N)Cc1ccccc1. The van der Waals surface area contributed by atoms with Crippen LogP contribution in [-0.2, 0) is 6.42 Å². The Hall–Kier alpha value is -1.71. The number of hydrogen-bond donors (Lipinski definition) is 2. The first-order valence-electron chi connectivity index (χ1n) is 6.46.